The van der Waals surface area contributed by atoms with Crippen LogP contribution >= 0.6 is 0 Å². The highest BCUT2D eigenvalue weighted by atomic mass is 19.1. The Morgan fingerprint density at radius 2 is 2.12 bits per heavy atom. The molecule has 176 valence electrons. The van der Waals surface area contributed by atoms with E-state index in [9.17, 15) is 18.5 Å². The molecule has 0 bridgehead atoms. The average molecular weight is 453 g/mol. The fraction of sp³-hybridized carbons (Fsp3) is 0.700. The Morgan fingerprint density at radius 3 is 2.72 bits per heavy atom. The van der Waals surface area contributed by atoms with Crippen LogP contribution in [0.3, 0.4) is 0 Å². The molecule has 3 saturated heterocycles. The number of alkyl halides is 1. The van der Waals surface area contributed by atoms with Crippen molar-refractivity contribution in [2.75, 3.05) is 56.7 Å². The molecule has 4 unspecified atom stereocenters. The highest BCUT2D eigenvalue weighted by Gasteiger charge is 2.43. The second-order valence-electron chi connectivity index (χ2n) is 9.00. The zero-order valence-corrected chi connectivity index (χ0v) is 18.0. The minimum absolute atomic E-state index is 0.0242. The van der Waals surface area contributed by atoms with Crippen molar-refractivity contribution in [1.29, 1.82) is 0 Å². The molecule has 1 aromatic heterocycles. The van der Waals surface area contributed by atoms with E-state index in [0.29, 0.717) is 13.1 Å². The summed E-state index contributed by atoms with van der Waals surface area (Å²) in [5.41, 5.74) is 6.47. The zero-order valence-electron chi connectivity index (χ0n) is 18.0. The first-order valence-corrected chi connectivity index (χ1v) is 10.8. The van der Waals surface area contributed by atoms with Crippen LogP contribution in [-0.4, -0.2) is 80.7 Å². The summed E-state index contributed by atoms with van der Waals surface area (Å²) < 4.78 is 33.9. The minimum atomic E-state index is -1.37. The van der Waals surface area contributed by atoms with E-state index in [2.05, 4.69) is 20.8 Å². The number of rotatable bonds is 6. The second kappa shape index (κ2) is 9.30. The van der Waals surface area contributed by atoms with E-state index < -0.39 is 36.1 Å². The molecule has 4 atom stereocenters. The SMILES string of the molecule is CN1CC(F)CNC1C(C(=O)Nc1cncc(F)c1N1CCC2(CC1)COC2)C(N)N=O. The number of anilines is 2. The van der Waals surface area contributed by atoms with Gasteiger partial charge in [0.15, 0.2) is 12.0 Å². The summed E-state index contributed by atoms with van der Waals surface area (Å²) in [4.78, 5) is 31.8. The molecule has 0 aliphatic carbocycles. The Morgan fingerprint density at radius 1 is 1.41 bits per heavy atom. The lowest BCUT2D eigenvalue weighted by Gasteiger charge is -2.48. The number of ether oxygens (including phenoxy) is 1. The Labute approximate surface area is 184 Å². The number of aromatic nitrogens is 1. The van der Waals surface area contributed by atoms with E-state index in [4.69, 9.17) is 10.5 Å². The van der Waals surface area contributed by atoms with E-state index in [0.717, 1.165) is 32.3 Å². The van der Waals surface area contributed by atoms with Crippen LogP contribution in [0, 0.1) is 22.1 Å². The fourth-order valence-electron chi connectivity index (χ4n) is 4.79. The van der Waals surface area contributed by atoms with Crippen LogP contribution in [0.4, 0.5) is 20.2 Å². The van der Waals surface area contributed by atoms with Crippen molar-refractivity contribution >= 4 is 17.3 Å². The van der Waals surface area contributed by atoms with Crippen LogP contribution < -0.4 is 21.3 Å². The van der Waals surface area contributed by atoms with Gasteiger partial charge in [-0.2, -0.15) is 0 Å². The Hall–Kier alpha value is -2.28. The van der Waals surface area contributed by atoms with E-state index in [1.165, 1.54) is 6.20 Å². The molecule has 3 aliphatic heterocycles. The maximum atomic E-state index is 14.8. The van der Waals surface area contributed by atoms with Gasteiger partial charge in [-0.15, -0.1) is 4.91 Å². The number of carbonyl (C=O) groups is 1. The molecular weight excluding hydrogens is 424 g/mol. The first-order valence-electron chi connectivity index (χ1n) is 10.8. The number of carbonyl (C=O) groups excluding carboxylic acids is 1. The molecule has 1 spiro atoms. The lowest BCUT2D eigenvalue weighted by atomic mass is 9.77. The summed E-state index contributed by atoms with van der Waals surface area (Å²) in [6.45, 7) is 2.80. The maximum absolute atomic E-state index is 14.8. The third-order valence-corrected chi connectivity index (χ3v) is 6.73. The summed E-state index contributed by atoms with van der Waals surface area (Å²) in [5.74, 6) is -2.28. The molecule has 1 aromatic rings. The highest BCUT2D eigenvalue weighted by Crippen LogP contribution is 2.41. The van der Waals surface area contributed by atoms with Crippen molar-refractivity contribution < 1.29 is 18.3 Å². The minimum Gasteiger partial charge on any atom is -0.380 e. The average Bonchev–Trinajstić information content (AvgIpc) is 2.74. The van der Waals surface area contributed by atoms with Crippen molar-refractivity contribution in [2.45, 2.75) is 31.3 Å². The Balaban J connectivity index is 1.54. The Kier molecular flexibility index (Phi) is 6.65. The summed E-state index contributed by atoms with van der Waals surface area (Å²) in [7, 11) is 1.63. The number of nitroso groups, excluding NO2 is 1. The number of amides is 1. The van der Waals surface area contributed by atoms with Gasteiger partial charge < -0.3 is 20.7 Å². The zero-order chi connectivity index (χ0) is 22.9. The van der Waals surface area contributed by atoms with Crippen molar-refractivity contribution in [3.63, 3.8) is 0 Å². The van der Waals surface area contributed by atoms with Crippen LogP contribution in [0.2, 0.25) is 0 Å². The Bertz CT molecular complexity index is 846. The van der Waals surface area contributed by atoms with Crippen molar-refractivity contribution in [3.8, 4) is 0 Å². The van der Waals surface area contributed by atoms with Crippen LogP contribution in [0.1, 0.15) is 12.8 Å². The molecule has 4 rings (SSSR count). The van der Waals surface area contributed by atoms with Gasteiger partial charge in [0.05, 0.1) is 37.5 Å². The van der Waals surface area contributed by atoms with Crippen molar-refractivity contribution in [1.82, 2.24) is 15.2 Å². The second-order valence-corrected chi connectivity index (χ2v) is 9.00. The molecule has 32 heavy (non-hydrogen) atoms. The number of halogens is 2. The normalized spacial score (nSPS) is 27.4. The molecule has 4 N–H and O–H groups in total. The summed E-state index contributed by atoms with van der Waals surface area (Å²) in [6.07, 6.45) is 1.04. The number of nitrogens with zero attached hydrogens (tertiary/aromatic N) is 4. The van der Waals surface area contributed by atoms with Gasteiger partial charge in [-0.3, -0.25) is 20.0 Å². The van der Waals surface area contributed by atoms with Gasteiger partial charge in [-0.05, 0) is 19.9 Å². The van der Waals surface area contributed by atoms with Gasteiger partial charge in [0.2, 0.25) is 5.91 Å². The van der Waals surface area contributed by atoms with Gasteiger partial charge >= 0.3 is 0 Å². The molecule has 0 aromatic carbocycles. The standard InChI is InChI=1S/C20H29F2N7O3/c1-28-9-12(21)6-25-18(28)15(17(23)27-31)19(30)26-14-8-24-7-13(22)16(14)29-4-2-20(3-5-29)10-32-11-20/h7-8,12,15,17-18,25H,2-6,9-11,23H2,1H3,(H,26,30). The quantitative estimate of drug-likeness (QED) is 0.536. The molecule has 3 aliphatic rings. The fourth-order valence-corrected chi connectivity index (χ4v) is 4.79. The number of piperidine rings is 1. The largest absolute Gasteiger partial charge is 0.380 e. The number of nitrogens with one attached hydrogen (secondary N) is 2. The predicted molar refractivity (Wildman–Crippen MR) is 114 cm³/mol. The monoisotopic (exact) mass is 453 g/mol. The van der Waals surface area contributed by atoms with Crippen LogP contribution in [-0.2, 0) is 9.53 Å². The molecule has 3 fully saturated rings. The lowest BCUT2D eigenvalue weighted by molar-refractivity contribution is -0.124. The van der Waals surface area contributed by atoms with Crippen LogP contribution in [0.5, 0.6) is 0 Å². The molecule has 10 nitrogen and oxygen atoms in total. The van der Waals surface area contributed by atoms with Gasteiger partial charge in [0.1, 0.15) is 17.8 Å². The van der Waals surface area contributed by atoms with Crippen LogP contribution in [0.25, 0.3) is 0 Å². The summed E-state index contributed by atoms with van der Waals surface area (Å²) >= 11 is 0. The lowest BCUT2D eigenvalue weighted by Crippen LogP contribution is -2.62. The first kappa shape index (κ1) is 22.9. The number of nitrogens with two attached hydrogens (primary N) is 1. The van der Waals surface area contributed by atoms with Crippen LogP contribution in [0.15, 0.2) is 17.6 Å². The summed E-state index contributed by atoms with van der Waals surface area (Å²) in [6, 6.07) is 0. The van der Waals surface area contributed by atoms with E-state index >= 15 is 0 Å². The van der Waals surface area contributed by atoms with E-state index in [-0.39, 0.29) is 29.9 Å². The number of hydrogen-bond donors (Lipinski definition) is 3. The predicted octanol–water partition coefficient (Wildman–Crippen LogP) is 0.643. The van der Waals surface area contributed by atoms with Gasteiger partial charge in [0.25, 0.3) is 0 Å². The maximum Gasteiger partial charge on any atom is 0.234 e. The van der Waals surface area contributed by atoms with Gasteiger partial charge in [-0.25, -0.2) is 8.78 Å². The van der Waals surface area contributed by atoms with Gasteiger partial charge in [-0.1, -0.05) is 5.18 Å². The molecule has 0 saturated carbocycles. The molecule has 1 amide bonds. The van der Waals surface area contributed by atoms with Crippen molar-refractivity contribution in [3.05, 3.63) is 23.1 Å². The number of pyridine rings is 1. The molecular formula is C20H29F2N7O3. The first-order chi connectivity index (χ1) is 15.3. The van der Waals surface area contributed by atoms with E-state index in [1.54, 1.807) is 11.9 Å². The number of hydrogen-bond acceptors (Lipinski definition) is 9. The van der Waals surface area contributed by atoms with Crippen molar-refractivity contribution in [2.24, 2.45) is 22.2 Å². The third-order valence-electron chi connectivity index (χ3n) is 6.73. The molecule has 12 heteroatoms. The topological polar surface area (TPSA) is 125 Å². The highest BCUT2D eigenvalue weighted by molar-refractivity contribution is 5.96. The molecule has 0 radical (unpaired) electrons. The third kappa shape index (κ3) is 4.45. The van der Waals surface area contributed by atoms with E-state index in [1.807, 2.05) is 4.90 Å². The smallest absolute Gasteiger partial charge is 0.234 e. The van der Waals surface area contributed by atoms with Gasteiger partial charge in [0, 0.05) is 31.6 Å². The summed E-state index contributed by atoms with van der Waals surface area (Å²) in [5, 5.41) is 8.44. The molecule has 4 heterocycles.